The number of aromatic hydroxyl groups is 1. The van der Waals surface area contributed by atoms with Crippen molar-refractivity contribution in [3.8, 4) is 22.8 Å². The van der Waals surface area contributed by atoms with E-state index in [4.69, 9.17) is 9.15 Å². The number of amides is 4. The van der Waals surface area contributed by atoms with E-state index < -0.39 is 29.4 Å². The Morgan fingerprint density at radius 2 is 1.64 bits per heavy atom. The molecule has 11 heteroatoms. The molecule has 3 heterocycles. The Bertz CT molecular complexity index is 1950. The SMILES string of the molecule is O=C1NC(=O)C(=Cc2cn(C[C@H](O)COc3cc(O)c4c(=O)cc(-c5ccccc5)oc4c3)c3ccccc23)C(=O)N1. The molecule has 5 aromatic rings. The summed E-state index contributed by atoms with van der Waals surface area (Å²) in [6, 6.07) is 19.5. The average molecular weight is 566 g/mol. The smallest absolute Gasteiger partial charge is 0.328 e. The quantitative estimate of drug-likeness (QED) is 0.173. The average Bonchev–Trinajstić information content (AvgIpc) is 3.30. The van der Waals surface area contributed by atoms with Crippen molar-refractivity contribution in [2.75, 3.05) is 6.61 Å². The van der Waals surface area contributed by atoms with Crippen LogP contribution in [0, 0.1) is 0 Å². The summed E-state index contributed by atoms with van der Waals surface area (Å²) in [5.41, 5.74) is 1.48. The lowest BCUT2D eigenvalue weighted by Crippen LogP contribution is -2.51. The first-order chi connectivity index (χ1) is 20.3. The van der Waals surface area contributed by atoms with Crippen LogP contribution in [0.3, 0.4) is 0 Å². The van der Waals surface area contributed by atoms with Gasteiger partial charge in [-0.1, -0.05) is 48.5 Å². The van der Waals surface area contributed by atoms with Crippen molar-refractivity contribution in [3.05, 3.63) is 100 Å². The number of aromatic nitrogens is 1. The molecule has 4 amide bonds. The van der Waals surface area contributed by atoms with E-state index in [1.165, 1.54) is 24.3 Å². The lowest BCUT2D eigenvalue weighted by Gasteiger charge is -2.15. The molecule has 0 bridgehead atoms. The van der Waals surface area contributed by atoms with Crippen LogP contribution >= 0.6 is 0 Å². The summed E-state index contributed by atoms with van der Waals surface area (Å²) in [6.45, 7) is -0.0726. The van der Waals surface area contributed by atoms with E-state index in [1.807, 2.05) is 41.0 Å². The predicted molar refractivity (Wildman–Crippen MR) is 153 cm³/mol. The molecule has 6 rings (SSSR count). The fraction of sp³-hybridized carbons (Fsp3) is 0.0968. The number of nitrogens with one attached hydrogen (secondary N) is 2. The zero-order valence-corrected chi connectivity index (χ0v) is 21.9. The molecule has 0 saturated carbocycles. The minimum atomic E-state index is -1.01. The summed E-state index contributed by atoms with van der Waals surface area (Å²) in [6.07, 6.45) is 2.05. The number of rotatable bonds is 7. The predicted octanol–water partition coefficient (Wildman–Crippen LogP) is 3.31. The molecule has 1 aliphatic heterocycles. The maximum absolute atomic E-state index is 12.7. The van der Waals surface area contributed by atoms with Crippen molar-refractivity contribution in [3.63, 3.8) is 0 Å². The summed E-state index contributed by atoms with van der Waals surface area (Å²) in [7, 11) is 0. The second kappa shape index (κ2) is 10.7. The summed E-state index contributed by atoms with van der Waals surface area (Å²) < 4.78 is 13.4. The van der Waals surface area contributed by atoms with Crippen molar-refractivity contribution >= 4 is 45.8 Å². The number of imide groups is 2. The van der Waals surface area contributed by atoms with Crippen molar-refractivity contribution in [1.82, 2.24) is 15.2 Å². The van der Waals surface area contributed by atoms with Crippen LogP contribution in [0.25, 0.3) is 39.3 Å². The summed E-state index contributed by atoms with van der Waals surface area (Å²) >= 11 is 0. The van der Waals surface area contributed by atoms with Crippen LogP contribution in [0.1, 0.15) is 5.56 Å². The largest absolute Gasteiger partial charge is 0.507 e. The third-order valence-corrected chi connectivity index (χ3v) is 6.75. The highest BCUT2D eigenvalue weighted by atomic mass is 16.5. The van der Waals surface area contributed by atoms with Gasteiger partial charge in [0.05, 0.1) is 6.54 Å². The molecule has 3 aromatic carbocycles. The minimum absolute atomic E-state index is 0.0211. The number of carbonyl (C=O) groups excluding carboxylic acids is 3. The number of benzene rings is 3. The molecular formula is C31H23N3O8. The first-order valence-corrected chi connectivity index (χ1v) is 12.9. The Labute approximate surface area is 237 Å². The molecule has 210 valence electrons. The van der Waals surface area contributed by atoms with Gasteiger partial charge in [0.2, 0.25) is 0 Å². The number of urea groups is 1. The van der Waals surface area contributed by atoms with Crippen LogP contribution in [0.2, 0.25) is 0 Å². The van der Waals surface area contributed by atoms with Crippen molar-refractivity contribution in [2.45, 2.75) is 12.6 Å². The number of carbonyl (C=O) groups is 3. The van der Waals surface area contributed by atoms with Gasteiger partial charge < -0.3 is 23.9 Å². The third-order valence-electron chi connectivity index (χ3n) is 6.75. The van der Waals surface area contributed by atoms with Gasteiger partial charge in [0.15, 0.2) is 5.43 Å². The lowest BCUT2D eigenvalue weighted by molar-refractivity contribution is -0.123. The highest BCUT2D eigenvalue weighted by Gasteiger charge is 2.28. The minimum Gasteiger partial charge on any atom is -0.507 e. The molecule has 1 fully saturated rings. The monoisotopic (exact) mass is 565 g/mol. The van der Waals surface area contributed by atoms with Crippen LogP contribution in [0.15, 0.2) is 93.8 Å². The molecule has 2 aromatic heterocycles. The van der Waals surface area contributed by atoms with Gasteiger partial charge in [-0.2, -0.15) is 0 Å². The fourth-order valence-corrected chi connectivity index (χ4v) is 4.85. The van der Waals surface area contributed by atoms with Crippen LogP contribution < -0.4 is 20.8 Å². The van der Waals surface area contributed by atoms with Gasteiger partial charge in [-0.15, -0.1) is 0 Å². The van der Waals surface area contributed by atoms with Crippen molar-refractivity contribution in [2.24, 2.45) is 0 Å². The Hall–Kier alpha value is -5.68. The highest BCUT2D eigenvalue weighted by Crippen LogP contribution is 2.31. The van der Waals surface area contributed by atoms with Crippen LogP contribution in [0.5, 0.6) is 11.5 Å². The van der Waals surface area contributed by atoms with Crippen LogP contribution in [0.4, 0.5) is 4.79 Å². The van der Waals surface area contributed by atoms with Gasteiger partial charge in [0, 0.05) is 46.4 Å². The summed E-state index contributed by atoms with van der Waals surface area (Å²) in [5.74, 6) is -1.39. The number of ether oxygens (including phenoxy) is 1. The van der Waals surface area contributed by atoms with E-state index in [0.717, 1.165) is 10.9 Å². The Balaban J connectivity index is 1.23. The lowest BCUT2D eigenvalue weighted by atomic mass is 10.1. The second-order valence-corrected chi connectivity index (χ2v) is 9.67. The number of aliphatic hydroxyl groups excluding tert-OH is 1. The molecular weight excluding hydrogens is 542 g/mol. The number of nitrogens with zero attached hydrogens (tertiary/aromatic N) is 1. The van der Waals surface area contributed by atoms with Gasteiger partial charge in [-0.05, 0) is 12.1 Å². The number of fused-ring (bicyclic) bond motifs is 2. The maximum Gasteiger partial charge on any atom is 0.328 e. The number of barbiturate groups is 1. The normalized spacial score (nSPS) is 14.1. The van der Waals surface area contributed by atoms with E-state index in [-0.39, 0.29) is 41.2 Å². The molecule has 0 unspecified atom stereocenters. The van der Waals surface area contributed by atoms with Gasteiger partial charge in [0.25, 0.3) is 11.8 Å². The fourth-order valence-electron chi connectivity index (χ4n) is 4.85. The topological polar surface area (TPSA) is 160 Å². The number of phenolic OH excluding ortho intramolecular Hbond substituents is 1. The molecule has 4 N–H and O–H groups in total. The first-order valence-electron chi connectivity index (χ1n) is 12.9. The summed E-state index contributed by atoms with van der Waals surface area (Å²) in [5, 5.41) is 26.2. The summed E-state index contributed by atoms with van der Waals surface area (Å²) in [4.78, 5) is 48.5. The Morgan fingerprint density at radius 3 is 2.40 bits per heavy atom. The van der Waals surface area contributed by atoms with Gasteiger partial charge in [-0.25, -0.2) is 4.79 Å². The van der Waals surface area contributed by atoms with Gasteiger partial charge in [-0.3, -0.25) is 25.0 Å². The van der Waals surface area contributed by atoms with Crippen molar-refractivity contribution in [1.29, 1.82) is 0 Å². The zero-order valence-electron chi connectivity index (χ0n) is 21.9. The van der Waals surface area contributed by atoms with Crippen LogP contribution in [-0.4, -0.2) is 45.3 Å². The molecule has 0 radical (unpaired) electrons. The third kappa shape index (κ3) is 5.11. The molecule has 0 aliphatic carbocycles. The van der Waals surface area contributed by atoms with E-state index in [0.29, 0.717) is 16.9 Å². The molecule has 1 atom stereocenters. The number of phenols is 1. The van der Waals surface area contributed by atoms with E-state index in [1.54, 1.807) is 35.0 Å². The maximum atomic E-state index is 12.7. The molecule has 42 heavy (non-hydrogen) atoms. The Morgan fingerprint density at radius 1 is 0.929 bits per heavy atom. The number of para-hydroxylation sites is 1. The molecule has 0 spiro atoms. The van der Waals surface area contributed by atoms with E-state index in [2.05, 4.69) is 0 Å². The number of aliphatic hydroxyl groups is 1. The number of hydrogen-bond donors (Lipinski definition) is 4. The van der Waals surface area contributed by atoms with Crippen molar-refractivity contribution < 1.29 is 33.8 Å². The number of hydrogen-bond acceptors (Lipinski definition) is 8. The zero-order chi connectivity index (χ0) is 29.4. The van der Waals surface area contributed by atoms with E-state index in [9.17, 15) is 29.4 Å². The second-order valence-electron chi connectivity index (χ2n) is 9.67. The first kappa shape index (κ1) is 26.5. The van der Waals surface area contributed by atoms with Crippen LogP contribution in [-0.2, 0) is 16.1 Å². The molecule has 1 saturated heterocycles. The van der Waals surface area contributed by atoms with E-state index >= 15 is 0 Å². The molecule has 1 aliphatic rings. The Kier molecular flexibility index (Phi) is 6.77. The van der Waals surface area contributed by atoms with Gasteiger partial charge >= 0.3 is 6.03 Å². The highest BCUT2D eigenvalue weighted by molar-refractivity contribution is 6.31. The standard InChI is InChI=1S/C31H23N3O8/c35-19(15-34-14-18(21-8-4-5-9-23(21)34)10-22-29(38)32-31(40)33-30(22)39)16-41-20-11-24(36)28-25(37)13-26(42-27(28)12-20)17-6-2-1-3-7-17/h1-14,19,35-36H,15-16H2,(H2,32,33,38,39,40)/t19-/m0/s1. The van der Waals surface area contributed by atoms with Gasteiger partial charge in [0.1, 0.15) is 46.5 Å². The molecule has 11 nitrogen and oxygen atoms in total.